The number of amides is 1. The number of carbonyl (C=O) groups is 1. The minimum atomic E-state index is -0.331. The Balaban J connectivity index is 2.65. The van der Waals surface area contributed by atoms with Crippen LogP contribution in [-0.2, 0) is 9.53 Å². The van der Waals surface area contributed by atoms with Crippen LogP contribution >= 0.6 is 0 Å². The molecule has 2 N–H and O–H groups in total. The van der Waals surface area contributed by atoms with Crippen LogP contribution in [0, 0.1) is 0 Å². The summed E-state index contributed by atoms with van der Waals surface area (Å²) in [5, 5.41) is 14.7. The molecule has 7 heteroatoms. The predicted molar refractivity (Wildman–Crippen MR) is 116 cm³/mol. The largest absolute Gasteiger partial charge is 0.497 e. The molecule has 2 rings (SSSR count). The Kier molecular flexibility index (Phi) is 8.90. The Hall–Kier alpha value is -3.32. The number of oxime groups is 1. The zero-order valence-electron chi connectivity index (χ0n) is 17.8. The molecule has 0 bridgehead atoms. The highest BCUT2D eigenvalue weighted by atomic mass is 16.5. The van der Waals surface area contributed by atoms with E-state index in [1.54, 1.807) is 21.3 Å². The first-order valence-electron chi connectivity index (χ1n) is 9.55. The number of carbonyl (C=O) groups excluding carboxylic acids is 1. The second kappa shape index (κ2) is 11.6. The number of benzene rings is 2. The molecule has 0 saturated heterocycles. The minimum Gasteiger partial charge on any atom is -0.497 e. The quantitative estimate of drug-likeness (QED) is 0.163. The van der Waals surface area contributed by atoms with Crippen molar-refractivity contribution in [2.75, 3.05) is 27.9 Å². The molecule has 2 aromatic rings. The lowest BCUT2D eigenvalue weighted by Gasteiger charge is -2.17. The highest BCUT2D eigenvalue weighted by Crippen LogP contribution is 2.31. The van der Waals surface area contributed by atoms with Gasteiger partial charge in [0.05, 0.1) is 14.2 Å². The lowest BCUT2D eigenvalue weighted by molar-refractivity contribution is -0.116. The van der Waals surface area contributed by atoms with E-state index in [9.17, 15) is 4.79 Å². The van der Waals surface area contributed by atoms with E-state index < -0.39 is 0 Å². The average molecular weight is 412 g/mol. The van der Waals surface area contributed by atoms with Crippen molar-refractivity contribution in [1.82, 2.24) is 5.32 Å². The lowest BCUT2D eigenvalue weighted by Crippen LogP contribution is -2.30. The number of nitrogens with one attached hydrogen (secondary N) is 1. The summed E-state index contributed by atoms with van der Waals surface area (Å²) in [5.74, 6) is 1.24. The number of ether oxygens (including phenoxy) is 3. The molecule has 0 radical (unpaired) electrons. The summed E-state index contributed by atoms with van der Waals surface area (Å²) in [6.07, 6.45) is 1.14. The molecule has 0 aliphatic heterocycles. The molecule has 0 heterocycles. The molecule has 0 atom stereocenters. The Labute approximate surface area is 177 Å². The van der Waals surface area contributed by atoms with E-state index in [1.165, 1.54) is 6.92 Å². The van der Waals surface area contributed by atoms with Gasteiger partial charge >= 0.3 is 0 Å². The molecule has 30 heavy (non-hydrogen) atoms. The standard InChI is InChI=1S/C23H28N2O5/c1-16(25-27)24-23(26)21(6-5-15-28-2)22(17-7-11-19(29-3)12-8-17)18-9-13-20(30-4)14-10-18/h7-14,27H,5-6,15H2,1-4H3,(H,24,25,26). The summed E-state index contributed by atoms with van der Waals surface area (Å²) in [6, 6.07) is 15.1. The summed E-state index contributed by atoms with van der Waals surface area (Å²) in [5.41, 5.74) is 3.06. The van der Waals surface area contributed by atoms with Crippen molar-refractivity contribution in [1.29, 1.82) is 0 Å². The Morgan fingerprint density at radius 1 is 0.933 bits per heavy atom. The van der Waals surface area contributed by atoms with Gasteiger partial charge in [0.2, 0.25) is 0 Å². The molecule has 160 valence electrons. The van der Waals surface area contributed by atoms with Gasteiger partial charge in [-0.1, -0.05) is 29.4 Å². The number of methoxy groups -OCH3 is 3. The zero-order chi connectivity index (χ0) is 21.9. The molecule has 7 nitrogen and oxygen atoms in total. The van der Waals surface area contributed by atoms with E-state index in [1.807, 2.05) is 48.5 Å². The van der Waals surface area contributed by atoms with Gasteiger partial charge in [-0.15, -0.1) is 0 Å². The maximum Gasteiger partial charge on any atom is 0.253 e. The van der Waals surface area contributed by atoms with E-state index in [2.05, 4.69) is 10.5 Å². The van der Waals surface area contributed by atoms with Gasteiger partial charge in [-0.2, -0.15) is 0 Å². The first-order valence-corrected chi connectivity index (χ1v) is 9.55. The highest BCUT2D eigenvalue weighted by molar-refractivity contribution is 6.11. The zero-order valence-corrected chi connectivity index (χ0v) is 17.8. The number of nitrogens with zero attached hydrogens (tertiary/aromatic N) is 1. The van der Waals surface area contributed by atoms with Crippen LogP contribution in [0.2, 0.25) is 0 Å². The van der Waals surface area contributed by atoms with Crippen molar-refractivity contribution in [2.24, 2.45) is 5.16 Å². The van der Waals surface area contributed by atoms with Crippen LogP contribution in [0.25, 0.3) is 5.57 Å². The van der Waals surface area contributed by atoms with Crippen molar-refractivity contribution in [3.05, 3.63) is 65.2 Å². The van der Waals surface area contributed by atoms with Gasteiger partial charge in [0.15, 0.2) is 0 Å². The summed E-state index contributed by atoms with van der Waals surface area (Å²) in [7, 11) is 4.84. The van der Waals surface area contributed by atoms with Crippen LogP contribution in [0.1, 0.15) is 30.9 Å². The number of rotatable bonds is 9. The van der Waals surface area contributed by atoms with E-state index >= 15 is 0 Å². The van der Waals surface area contributed by atoms with E-state index in [4.69, 9.17) is 19.4 Å². The molecule has 1 amide bonds. The van der Waals surface area contributed by atoms with Gasteiger partial charge < -0.3 is 24.7 Å². The van der Waals surface area contributed by atoms with E-state index in [-0.39, 0.29) is 11.7 Å². The molecule has 0 saturated carbocycles. The predicted octanol–water partition coefficient (Wildman–Crippen LogP) is 3.86. The second-order valence-corrected chi connectivity index (χ2v) is 6.55. The molecule has 0 spiro atoms. The molecular formula is C23H28N2O5. The third-order valence-electron chi connectivity index (χ3n) is 4.55. The van der Waals surface area contributed by atoms with Gasteiger partial charge in [0.1, 0.15) is 17.3 Å². The fraction of sp³-hybridized carbons (Fsp3) is 0.304. The molecule has 2 aromatic carbocycles. The minimum absolute atomic E-state index is 0.119. The molecule has 0 aliphatic rings. The number of amidine groups is 1. The Morgan fingerprint density at radius 2 is 1.43 bits per heavy atom. The summed E-state index contributed by atoms with van der Waals surface area (Å²) >= 11 is 0. The van der Waals surface area contributed by atoms with Crippen LogP contribution in [0.4, 0.5) is 0 Å². The summed E-state index contributed by atoms with van der Waals surface area (Å²) in [4.78, 5) is 13.1. The Morgan fingerprint density at radius 3 is 1.83 bits per heavy atom. The molecule has 0 aromatic heterocycles. The van der Waals surface area contributed by atoms with Gasteiger partial charge in [0, 0.05) is 19.3 Å². The van der Waals surface area contributed by atoms with Crippen LogP contribution < -0.4 is 14.8 Å². The first-order chi connectivity index (χ1) is 14.5. The van der Waals surface area contributed by atoms with Gasteiger partial charge in [-0.3, -0.25) is 4.79 Å². The molecule has 0 aliphatic carbocycles. The van der Waals surface area contributed by atoms with Crippen molar-refractivity contribution >= 4 is 17.3 Å². The summed E-state index contributed by atoms with van der Waals surface area (Å²) in [6.45, 7) is 2.04. The number of hydrogen-bond donors (Lipinski definition) is 2. The lowest BCUT2D eigenvalue weighted by atomic mass is 9.90. The van der Waals surface area contributed by atoms with Crippen molar-refractivity contribution in [3.63, 3.8) is 0 Å². The third-order valence-corrected chi connectivity index (χ3v) is 4.55. The van der Waals surface area contributed by atoms with E-state index in [0.29, 0.717) is 25.0 Å². The van der Waals surface area contributed by atoms with Crippen LogP contribution in [-0.4, -0.2) is 44.9 Å². The first kappa shape index (κ1) is 23.0. The maximum atomic E-state index is 13.1. The van der Waals surface area contributed by atoms with Crippen molar-refractivity contribution in [3.8, 4) is 11.5 Å². The fourth-order valence-corrected chi connectivity index (χ4v) is 3.04. The average Bonchev–Trinajstić information content (AvgIpc) is 2.79. The highest BCUT2D eigenvalue weighted by Gasteiger charge is 2.19. The second-order valence-electron chi connectivity index (χ2n) is 6.55. The smallest absolute Gasteiger partial charge is 0.253 e. The normalized spacial score (nSPS) is 11.0. The van der Waals surface area contributed by atoms with E-state index in [0.717, 1.165) is 28.2 Å². The number of hydrogen-bond acceptors (Lipinski definition) is 6. The monoisotopic (exact) mass is 412 g/mol. The maximum absolute atomic E-state index is 13.1. The molecular weight excluding hydrogens is 384 g/mol. The van der Waals surface area contributed by atoms with Crippen molar-refractivity contribution < 1.29 is 24.2 Å². The van der Waals surface area contributed by atoms with Crippen LogP contribution in [0.15, 0.2) is 59.3 Å². The Bertz CT molecular complexity index is 837. The third kappa shape index (κ3) is 6.09. The molecule has 0 unspecified atom stereocenters. The van der Waals surface area contributed by atoms with Crippen molar-refractivity contribution in [2.45, 2.75) is 19.8 Å². The van der Waals surface area contributed by atoms with Crippen LogP contribution in [0.3, 0.4) is 0 Å². The topological polar surface area (TPSA) is 89.4 Å². The van der Waals surface area contributed by atoms with Gasteiger partial charge in [0.25, 0.3) is 5.91 Å². The van der Waals surface area contributed by atoms with Crippen LogP contribution in [0.5, 0.6) is 11.5 Å². The molecule has 0 fully saturated rings. The summed E-state index contributed by atoms with van der Waals surface area (Å²) < 4.78 is 15.7. The van der Waals surface area contributed by atoms with Gasteiger partial charge in [-0.25, -0.2) is 0 Å². The SMILES string of the molecule is COCCCC(C(=O)N/C(C)=N/O)=C(c1ccc(OC)cc1)c1ccc(OC)cc1. The fourth-order valence-electron chi connectivity index (χ4n) is 3.04. The van der Waals surface area contributed by atoms with Gasteiger partial charge in [-0.05, 0) is 60.7 Å².